The van der Waals surface area contributed by atoms with Gasteiger partial charge in [-0.3, -0.25) is 4.79 Å². The smallest absolute Gasteiger partial charge is 0.255 e. The number of hydrogen-bond donors (Lipinski definition) is 1. The molecule has 25 heavy (non-hydrogen) atoms. The van der Waals surface area contributed by atoms with Gasteiger partial charge < -0.3 is 5.32 Å². The van der Waals surface area contributed by atoms with Crippen molar-refractivity contribution in [2.24, 2.45) is 0 Å². The zero-order valence-electron chi connectivity index (χ0n) is 14.7. The number of nitrogens with zero attached hydrogens (tertiary/aromatic N) is 3. The summed E-state index contributed by atoms with van der Waals surface area (Å²) in [6, 6.07) is 15.5. The Bertz CT molecular complexity index is 829. The van der Waals surface area contributed by atoms with Crippen molar-refractivity contribution < 1.29 is 4.79 Å². The van der Waals surface area contributed by atoms with Crippen molar-refractivity contribution in [1.29, 1.82) is 0 Å². The Morgan fingerprint density at radius 1 is 1.04 bits per heavy atom. The van der Waals surface area contributed by atoms with Crippen LogP contribution in [0.2, 0.25) is 0 Å². The maximum absolute atomic E-state index is 12.4. The van der Waals surface area contributed by atoms with Crippen LogP contribution in [-0.2, 0) is 12.0 Å². The Labute approximate surface area is 147 Å². The molecule has 1 aromatic heterocycles. The monoisotopic (exact) mass is 334 g/mol. The summed E-state index contributed by atoms with van der Waals surface area (Å²) < 4.78 is 1.74. The van der Waals surface area contributed by atoms with E-state index in [9.17, 15) is 4.79 Å². The first-order chi connectivity index (χ1) is 11.9. The second kappa shape index (κ2) is 6.89. The zero-order chi connectivity index (χ0) is 17.9. The molecule has 0 saturated carbocycles. The van der Waals surface area contributed by atoms with E-state index in [2.05, 4.69) is 48.3 Å². The van der Waals surface area contributed by atoms with E-state index in [0.717, 1.165) is 11.3 Å². The molecule has 0 bridgehead atoms. The summed E-state index contributed by atoms with van der Waals surface area (Å²) in [5.74, 6) is -0.115. The standard InChI is InChI=1S/C20H22N4O/c1-20(2,3)17-8-10-18(11-9-17)23-19(25)16-6-4-15(5-7-16)12-24-14-21-13-22-24/h4-11,13-14H,12H2,1-3H3,(H,23,25). The molecule has 1 amide bonds. The maximum atomic E-state index is 12.4. The molecule has 5 heteroatoms. The third-order valence-corrected chi connectivity index (χ3v) is 4.04. The van der Waals surface area contributed by atoms with Crippen LogP contribution in [0.25, 0.3) is 0 Å². The van der Waals surface area contributed by atoms with Crippen LogP contribution in [-0.4, -0.2) is 20.7 Å². The summed E-state index contributed by atoms with van der Waals surface area (Å²) in [6.07, 6.45) is 3.18. The molecule has 0 aliphatic heterocycles. The minimum absolute atomic E-state index is 0.0997. The summed E-state index contributed by atoms with van der Waals surface area (Å²) in [5, 5.41) is 7.01. The molecule has 0 unspecified atom stereocenters. The first-order valence-electron chi connectivity index (χ1n) is 8.25. The van der Waals surface area contributed by atoms with E-state index in [1.807, 2.05) is 36.4 Å². The van der Waals surface area contributed by atoms with Crippen LogP contribution in [0.3, 0.4) is 0 Å². The topological polar surface area (TPSA) is 59.8 Å². The molecule has 128 valence electrons. The van der Waals surface area contributed by atoms with E-state index < -0.39 is 0 Å². The van der Waals surface area contributed by atoms with Crippen molar-refractivity contribution in [2.75, 3.05) is 5.32 Å². The molecule has 5 nitrogen and oxygen atoms in total. The Morgan fingerprint density at radius 2 is 1.72 bits per heavy atom. The minimum Gasteiger partial charge on any atom is -0.322 e. The van der Waals surface area contributed by atoms with E-state index in [4.69, 9.17) is 0 Å². The SMILES string of the molecule is CC(C)(C)c1ccc(NC(=O)c2ccc(Cn3cncn3)cc2)cc1. The summed E-state index contributed by atoms with van der Waals surface area (Å²) in [5.41, 5.74) is 3.83. The van der Waals surface area contributed by atoms with Crippen LogP contribution in [0.15, 0.2) is 61.2 Å². The molecule has 3 rings (SSSR count). The van der Waals surface area contributed by atoms with Crippen molar-refractivity contribution >= 4 is 11.6 Å². The predicted molar refractivity (Wildman–Crippen MR) is 98.7 cm³/mol. The van der Waals surface area contributed by atoms with Gasteiger partial charge in [-0.1, -0.05) is 45.0 Å². The van der Waals surface area contributed by atoms with Crippen LogP contribution in [0, 0.1) is 0 Å². The average Bonchev–Trinajstić information content (AvgIpc) is 3.08. The van der Waals surface area contributed by atoms with Gasteiger partial charge >= 0.3 is 0 Å². The van der Waals surface area contributed by atoms with Gasteiger partial charge in [0.25, 0.3) is 5.91 Å². The Kier molecular flexibility index (Phi) is 4.65. The van der Waals surface area contributed by atoms with Gasteiger partial charge in [0.1, 0.15) is 12.7 Å². The fraction of sp³-hybridized carbons (Fsp3) is 0.250. The second-order valence-corrected chi connectivity index (χ2v) is 7.07. The summed E-state index contributed by atoms with van der Waals surface area (Å²) in [7, 11) is 0. The molecule has 0 aliphatic rings. The Hall–Kier alpha value is -2.95. The number of carbonyl (C=O) groups is 1. The highest BCUT2D eigenvalue weighted by atomic mass is 16.1. The second-order valence-electron chi connectivity index (χ2n) is 7.07. The van der Waals surface area contributed by atoms with Crippen molar-refractivity contribution in [2.45, 2.75) is 32.7 Å². The summed E-state index contributed by atoms with van der Waals surface area (Å²) >= 11 is 0. The number of carbonyl (C=O) groups excluding carboxylic acids is 1. The highest BCUT2D eigenvalue weighted by Crippen LogP contribution is 2.23. The van der Waals surface area contributed by atoms with E-state index in [1.165, 1.54) is 11.9 Å². The highest BCUT2D eigenvalue weighted by Gasteiger charge is 2.13. The molecule has 1 N–H and O–H groups in total. The van der Waals surface area contributed by atoms with Crippen LogP contribution in [0.5, 0.6) is 0 Å². The van der Waals surface area contributed by atoms with E-state index in [1.54, 1.807) is 11.0 Å². The Morgan fingerprint density at radius 3 is 2.28 bits per heavy atom. The first-order valence-corrected chi connectivity index (χ1v) is 8.25. The molecule has 1 heterocycles. The van der Waals surface area contributed by atoms with E-state index in [0.29, 0.717) is 12.1 Å². The normalized spacial score (nSPS) is 11.3. The lowest BCUT2D eigenvalue weighted by atomic mass is 9.87. The van der Waals surface area contributed by atoms with Gasteiger partial charge in [-0.25, -0.2) is 9.67 Å². The van der Waals surface area contributed by atoms with E-state index in [-0.39, 0.29) is 11.3 Å². The van der Waals surface area contributed by atoms with Crippen LogP contribution in [0.4, 0.5) is 5.69 Å². The van der Waals surface area contributed by atoms with Crippen molar-refractivity contribution in [3.63, 3.8) is 0 Å². The zero-order valence-corrected chi connectivity index (χ0v) is 14.7. The third kappa shape index (κ3) is 4.32. The molecule has 0 saturated heterocycles. The molecule has 2 aromatic carbocycles. The quantitative estimate of drug-likeness (QED) is 0.788. The van der Waals surface area contributed by atoms with E-state index >= 15 is 0 Å². The van der Waals surface area contributed by atoms with Crippen LogP contribution < -0.4 is 5.32 Å². The third-order valence-electron chi connectivity index (χ3n) is 4.04. The maximum Gasteiger partial charge on any atom is 0.255 e. The lowest BCUT2D eigenvalue weighted by molar-refractivity contribution is 0.102. The lowest BCUT2D eigenvalue weighted by Gasteiger charge is -2.19. The fourth-order valence-corrected chi connectivity index (χ4v) is 2.52. The molecule has 0 aliphatic carbocycles. The van der Waals surface area contributed by atoms with Crippen molar-refractivity contribution in [1.82, 2.24) is 14.8 Å². The molecular weight excluding hydrogens is 312 g/mol. The number of amides is 1. The number of hydrogen-bond acceptors (Lipinski definition) is 3. The van der Waals surface area contributed by atoms with Gasteiger partial charge in [-0.15, -0.1) is 0 Å². The minimum atomic E-state index is -0.115. The molecule has 0 atom stereocenters. The lowest BCUT2D eigenvalue weighted by Crippen LogP contribution is -2.13. The number of benzene rings is 2. The van der Waals surface area contributed by atoms with Gasteiger partial charge in [-0.05, 0) is 40.8 Å². The number of aromatic nitrogens is 3. The summed E-state index contributed by atoms with van der Waals surface area (Å²) in [4.78, 5) is 16.3. The van der Waals surface area contributed by atoms with Crippen molar-refractivity contribution in [3.8, 4) is 0 Å². The van der Waals surface area contributed by atoms with Gasteiger partial charge in [-0.2, -0.15) is 5.10 Å². The van der Waals surface area contributed by atoms with Gasteiger partial charge in [0, 0.05) is 11.3 Å². The highest BCUT2D eigenvalue weighted by molar-refractivity contribution is 6.04. The fourth-order valence-electron chi connectivity index (χ4n) is 2.52. The summed E-state index contributed by atoms with van der Waals surface area (Å²) in [6.45, 7) is 7.14. The predicted octanol–water partition coefficient (Wildman–Crippen LogP) is 3.88. The average molecular weight is 334 g/mol. The molecule has 3 aromatic rings. The molecule has 0 fully saturated rings. The van der Waals surface area contributed by atoms with Gasteiger partial charge in [0.05, 0.1) is 6.54 Å². The van der Waals surface area contributed by atoms with Gasteiger partial charge in [0.2, 0.25) is 0 Å². The first kappa shape index (κ1) is 16.9. The van der Waals surface area contributed by atoms with Crippen molar-refractivity contribution in [3.05, 3.63) is 77.9 Å². The van der Waals surface area contributed by atoms with Gasteiger partial charge in [0.15, 0.2) is 0 Å². The largest absolute Gasteiger partial charge is 0.322 e. The van der Waals surface area contributed by atoms with Crippen LogP contribution in [0.1, 0.15) is 42.3 Å². The number of rotatable bonds is 4. The Balaban J connectivity index is 1.65. The molecular formula is C20H22N4O. The molecule has 0 radical (unpaired) electrons. The van der Waals surface area contributed by atoms with Crippen LogP contribution >= 0.6 is 0 Å². The number of anilines is 1. The molecule has 0 spiro atoms. The number of nitrogens with one attached hydrogen (secondary N) is 1.